The second kappa shape index (κ2) is 12.2. The summed E-state index contributed by atoms with van der Waals surface area (Å²) >= 11 is 0. The number of unbranched alkanes of at least 4 members (excludes halogenated alkanes) is 3. The highest BCUT2D eigenvalue weighted by Gasteiger charge is 2.02. The Morgan fingerprint density at radius 3 is 2.43 bits per heavy atom. The van der Waals surface area contributed by atoms with Gasteiger partial charge >= 0.3 is 0 Å². The van der Waals surface area contributed by atoms with Gasteiger partial charge in [0.05, 0.1) is 0 Å². The molecule has 0 aliphatic carbocycles. The Hall–Kier alpha value is -1.56. The van der Waals surface area contributed by atoms with Gasteiger partial charge in [0, 0.05) is 21.5 Å². The monoisotopic (exact) mass is 296 g/mol. The Labute approximate surface area is 126 Å². The molecule has 0 fully saturated rings. The number of hydrogen-bond donors (Lipinski definition) is 0. The number of rotatable bonds is 12. The van der Waals surface area contributed by atoms with Crippen LogP contribution in [0.4, 0.5) is 0 Å². The molecule has 1 aromatic carbocycles. The van der Waals surface area contributed by atoms with E-state index in [1.807, 2.05) is 24.3 Å². The molecule has 0 radical (unpaired) electrons. The third-order valence-electron chi connectivity index (χ3n) is 2.78. The first-order chi connectivity index (χ1) is 10.4. The predicted molar refractivity (Wildman–Crippen MR) is 78.5 cm³/mol. The molecule has 0 spiro atoms. The fraction of sp³-hybridized carbons (Fsp3) is 0.500. The fourth-order valence-corrected chi connectivity index (χ4v) is 1.59. The van der Waals surface area contributed by atoms with E-state index in [0.717, 1.165) is 44.3 Å². The van der Waals surface area contributed by atoms with Crippen molar-refractivity contribution in [2.24, 2.45) is 0 Å². The molecule has 0 unspecified atom stereocenters. The molecular formula is C16H24O5. The van der Waals surface area contributed by atoms with Crippen molar-refractivity contribution in [2.45, 2.75) is 52.4 Å². The lowest BCUT2D eigenvalue weighted by atomic mass is 10.2. The zero-order valence-electron chi connectivity index (χ0n) is 12.7. The van der Waals surface area contributed by atoms with Crippen LogP contribution in [0.25, 0.3) is 0 Å². The molecule has 0 aliphatic heterocycles. The van der Waals surface area contributed by atoms with Crippen LogP contribution in [-0.2, 0) is 20.0 Å². The van der Waals surface area contributed by atoms with Crippen LogP contribution in [0.1, 0.15) is 52.4 Å². The van der Waals surface area contributed by atoms with Crippen LogP contribution in [0.15, 0.2) is 42.2 Å². The Balaban J connectivity index is 2.18. The standard InChI is InChI=1S/C16H24O5/c1-3-5-8-12-15(11-6-4-2)17-19-21-20-18-16-13-9-7-10-14-16/h7,9-10,12-14H,3-6,8,11H2,1-2H3. The van der Waals surface area contributed by atoms with Crippen LogP contribution in [0, 0.1) is 0 Å². The van der Waals surface area contributed by atoms with Crippen LogP contribution in [0.5, 0.6) is 5.75 Å². The van der Waals surface area contributed by atoms with Crippen LogP contribution in [0.2, 0.25) is 0 Å². The highest BCUT2D eigenvalue weighted by atomic mass is 17.8. The second-order valence-electron chi connectivity index (χ2n) is 4.60. The number of para-hydroxylation sites is 1. The van der Waals surface area contributed by atoms with Crippen molar-refractivity contribution in [3.8, 4) is 5.75 Å². The van der Waals surface area contributed by atoms with Crippen molar-refractivity contribution in [3.63, 3.8) is 0 Å². The van der Waals surface area contributed by atoms with Gasteiger partial charge in [-0.15, -0.1) is 0 Å². The summed E-state index contributed by atoms with van der Waals surface area (Å²) in [6.45, 7) is 4.27. The molecule has 5 heteroatoms. The zero-order valence-corrected chi connectivity index (χ0v) is 12.7. The average Bonchev–Trinajstić information content (AvgIpc) is 2.52. The van der Waals surface area contributed by atoms with Crippen molar-refractivity contribution >= 4 is 0 Å². The van der Waals surface area contributed by atoms with Gasteiger partial charge in [0.25, 0.3) is 0 Å². The van der Waals surface area contributed by atoms with Crippen molar-refractivity contribution in [1.29, 1.82) is 0 Å². The predicted octanol–water partition coefficient (Wildman–Crippen LogP) is 5.06. The molecule has 0 N–H and O–H groups in total. The minimum absolute atomic E-state index is 0.505. The summed E-state index contributed by atoms with van der Waals surface area (Å²) in [5, 5.41) is 13.3. The summed E-state index contributed by atoms with van der Waals surface area (Å²) < 4.78 is 0. The summed E-state index contributed by atoms with van der Waals surface area (Å²) in [4.78, 5) is 9.88. The maximum Gasteiger partial charge on any atom is 0.168 e. The molecule has 118 valence electrons. The molecule has 1 rings (SSSR count). The Morgan fingerprint density at radius 1 is 0.952 bits per heavy atom. The van der Waals surface area contributed by atoms with E-state index in [9.17, 15) is 0 Å². The Morgan fingerprint density at radius 2 is 1.71 bits per heavy atom. The molecule has 0 aliphatic rings. The van der Waals surface area contributed by atoms with Gasteiger partial charge in [-0.25, -0.2) is 0 Å². The first-order valence-corrected chi connectivity index (χ1v) is 7.45. The summed E-state index contributed by atoms with van der Waals surface area (Å²) in [6.07, 6.45) is 8.16. The quantitative estimate of drug-likeness (QED) is 0.233. The van der Waals surface area contributed by atoms with Crippen molar-refractivity contribution in [2.75, 3.05) is 0 Å². The lowest BCUT2D eigenvalue weighted by Crippen LogP contribution is -2.02. The molecule has 0 aromatic heterocycles. The minimum atomic E-state index is 0.505. The topological polar surface area (TPSA) is 46.2 Å². The van der Waals surface area contributed by atoms with Gasteiger partial charge in [-0.2, -0.15) is 0 Å². The van der Waals surface area contributed by atoms with E-state index >= 15 is 0 Å². The number of benzene rings is 1. The molecule has 0 saturated heterocycles. The van der Waals surface area contributed by atoms with Gasteiger partial charge in [-0.1, -0.05) is 44.9 Å². The van der Waals surface area contributed by atoms with Crippen LogP contribution in [0.3, 0.4) is 0 Å². The first-order valence-electron chi connectivity index (χ1n) is 7.45. The van der Waals surface area contributed by atoms with Crippen LogP contribution in [-0.4, -0.2) is 0 Å². The fourth-order valence-electron chi connectivity index (χ4n) is 1.59. The zero-order chi connectivity index (χ0) is 15.2. The van der Waals surface area contributed by atoms with E-state index in [1.54, 1.807) is 12.1 Å². The molecule has 5 nitrogen and oxygen atoms in total. The highest BCUT2D eigenvalue weighted by Crippen LogP contribution is 2.13. The average molecular weight is 296 g/mol. The van der Waals surface area contributed by atoms with E-state index in [4.69, 9.17) is 9.78 Å². The van der Waals surface area contributed by atoms with E-state index in [0.29, 0.717) is 5.75 Å². The molecule has 0 saturated carbocycles. The van der Waals surface area contributed by atoms with Gasteiger partial charge in [0.15, 0.2) is 5.75 Å². The summed E-state index contributed by atoms with van der Waals surface area (Å²) in [6, 6.07) is 8.95. The van der Waals surface area contributed by atoms with Crippen molar-refractivity contribution in [1.82, 2.24) is 0 Å². The maximum atomic E-state index is 5.06. The number of hydrogen-bond acceptors (Lipinski definition) is 5. The highest BCUT2D eigenvalue weighted by molar-refractivity contribution is 5.19. The van der Waals surface area contributed by atoms with Gasteiger partial charge in [-0.3, -0.25) is 0 Å². The largest absolute Gasteiger partial charge is 0.311 e. The lowest BCUT2D eigenvalue weighted by molar-refractivity contribution is -0.685. The molecule has 1 aromatic rings. The van der Waals surface area contributed by atoms with Crippen LogP contribution < -0.4 is 4.89 Å². The molecule has 0 atom stereocenters. The molecule has 0 heterocycles. The minimum Gasteiger partial charge on any atom is -0.311 e. The maximum absolute atomic E-state index is 5.06. The summed E-state index contributed by atoms with van der Waals surface area (Å²) in [5.41, 5.74) is 0. The van der Waals surface area contributed by atoms with Gasteiger partial charge in [-0.05, 0) is 37.5 Å². The molecule has 0 amide bonds. The van der Waals surface area contributed by atoms with E-state index in [2.05, 4.69) is 29.0 Å². The van der Waals surface area contributed by atoms with Crippen molar-refractivity contribution < 1.29 is 24.9 Å². The second-order valence-corrected chi connectivity index (χ2v) is 4.60. The SMILES string of the molecule is CCCCC=C(CCCC)OOOOOc1ccccc1. The van der Waals surface area contributed by atoms with Gasteiger partial charge < -0.3 is 9.78 Å². The number of allylic oxidation sites excluding steroid dienone is 2. The van der Waals surface area contributed by atoms with E-state index < -0.39 is 0 Å². The normalized spacial score (nSPS) is 11.4. The Bertz CT molecular complexity index is 378. The molecular weight excluding hydrogens is 272 g/mol. The molecule has 21 heavy (non-hydrogen) atoms. The smallest absolute Gasteiger partial charge is 0.168 e. The Kier molecular flexibility index (Phi) is 10.2. The molecule has 0 bridgehead atoms. The van der Waals surface area contributed by atoms with E-state index in [-0.39, 0.29) is 0 Å². The van der Waals surface area contributed by atoms with Gasteiger partial charge in [0.1, 0.15) is 5.76 Å². The third kappa shape index (κ3) is 9.07. The van der Waals surface area contributed by atoms with Crippen molar-refractivity contribution in [3.05, 3.63) is 42.2 Å². The van der Waals surface area contributed by atoms with E-state index in [1.165, 1.54) is 0 Å². The summed E-state index contributed by atoms with van der Waals surface area (Å²) in [7, 11) is 0. The third-order valence-corrected chi connectivity index (χ3v) is 2.78. The van der Waals surface area contributed by atoms with Crippen LogP contribution >= 0.6 is 0 Å². The van der Waals surface area contributed by atoms with Gasteiger partial charge in [0.2, 0.25) is 0 Å². The summed E-state index contributed by atoms with van der Waals surface area (Å²) in [5.74, 6) is 1.25. The lowest BCUT2D eigenvalue weighted by Gasteiger charge is -2.06. The first kappa shape index (κ1) is 17.5.